The molecule has 3 heteroatoms. The summed E-state index contributed by atoms with van der Waals surface area (Å²) < 4.78 is 0. The van der Waals surface area contributed by atoms with E-state index in [0.29, 0.717) is 17.8 Å². The molecular weight excluding hydrogens is 212 g/mol. The molecule has 0 fully saturated rings. The molecule has 0 aliphatic rings. The fraction of sp³-hybridized carbons (Fsp3) is 0.500. The number of anilines is 1. The van der Waals surface area contributed by atoms with Crippen molar-refractivity contribution in [3.8, 4) is 0 Å². The molecule has 0 saturated heterocycles. The van der Waals surface area contributed by atoms with Gasteiger partial charge in [0.15, 0.2) is 0 Å². The second-order valence-electron chi connectivity index (χ2n) is 4.71. The number of hydrogen-bond donors (Lipinski definition) is 1. The van der Waals surface area contributed by atoms with Gasteiger partial charge < -0.3 is 10.6 Å². The summed E-state index contributed by atoms with van der Waals surface area (Å²) in [4.78, 5) is 14.2. The van der Waals surface area contributed by atoms with Gasteiger partial charge in [-0.15, -0.1) is 0 Å². The summed E-state index contributed by atoms with van der Waals surface area (Å²) in [5.41, 5.74) is 9.27. The molecule has 1 aromatic carbocycles. The van der Waals surface area contributed by atoms with Crippen molar-refractivity contribution in [3.05, 3.63) is 28.8 Å². The number of nitrogen functional groups attached to an aromatic ring is 1. The van der Waals surface area contributed by atoms with Crippen molar-refractivity contribution >= 4 is 11.6 Å². The van der Waals surface area contributed by atoms with E-state index in [1.807, 2.05) is 45.6 Å². The van der Waals surface area contributed by atoms with Gasteiger partial charge in [0.05, 0.1) is 0 Å². The molecule has 0 aliphatic carbocycles. The van der Waals surface area contributed by atoms with Crippen molar-refractivity contribution in [1.82, 2.24) is 4.90 Å². The number of nitrogens with zero attached hydrogens (tertiary/aromatic N) is 1. The minimum atomic E-state index is 0.0618. The average molecular weight is 234 g/mol. The fourth-order valence-electron chi connectivity index (χ4n) is 2.00. The zero-order chi connectivity index (χ0) is 13.2. The zero-order valence-electron chi connectivity index (χ0n) is 11.4. The topological polar surface area (TPSA) is 46.3 Å². The summed E-state index contributed by atoms with van der Waals surface area (Å²) in [6.45, 7) is 10.7. The van der Waals surface area contributed by atoms with Crippen molar-refractivity contribution < 1.29 is 4.79 Å². The van der Waals surface area contributed by atoms with Gasteiger partial charge in [-0.2, -0.15) is 0 Å². The van der Waals surface area contributed by atoms with Crippen LogP contribution in [0.4, 0.5) is 5.69 Å². The first kappa shape index (κ1) is 13.6. The maximum Gasteiger partial charge on any atom is 0.254 e. The Morgan fingerprint density at radius 2 is 1.88 bits per heavy atom. The smallest absolute Gasteiger partial charge is 0.254 e. The quantitative estimate of drug-likeness (QED) is 0.817. The van der Waals surface area contributed by atoms with Gasteiger partial charge in [0, 0.05) is 23.8 Å². The molecule has 17 heavy (non-hydrogen) atoms. The Hall–Kier alpha value is -1.51. The van der Waals surface area contributed by atoms with E-state index in [9.17, 15) is 4.79 Å². The van der Waals surface area contributed by atoms with Gasteiger partial charge in [-0.05, 0) is 51.8 Å². The van der Waals surface area contributed by atoms with E-state index in [2.05, 4.69) is 0 Å². The SMILES string of the molecule is CCN(C(=O)c1cc(N)c(C)cc1C)C(C)C. The van der Waals surface area contributed by atoms with Gasteiger partial charge in [-0.3, -0.25) is 4.79 Å². The van der Waals surface area contributed by atoms with E-state index in [0.717, 1.165) is 11.1 Å². The molecule has 0 atom stereocenters. The Kier molecular flexibility index (Phi) is 4.16. The molecular formula is C14H22N2O. The number of hydrogen-bond acceptors (Lipinski definition) is 2. The number of aryl methyl sites for hydroxylation is 2. The summed E-state index contributed by atoms with van der Waals surface area (Å²) in [5.74, 6) is 0.0618. The Morgan fingerprint density at radius 1 is 1.29 bits per heavy atom. The van der Waals surface area contributed by atoms with Crippen LogP contribution >= 0.6 is 0 Å². The minimum Gasteiger partial charge on any atom is -0.398 e. The lowest BCUT2D eigenvalue weighted by Gasteiger charge is -2.26. The van der Waals surface area contributed by atoms with Crippen LogP contribution < -0.4 is 5.73 Å². The molecule has 3 nitrogen and oxygen atoms in total. The van der Waals surface area contributed by atoms with Crippen LogP contribution in [0.5, 0.6) is 0 Å². The molecule has 0 aliphatic heterocycles. The Bertz CT molecular complexity index is 424. The first-order valence-corrected chi connectivity index (χ1v) is 6.06. The third-order valence-corrected chi connectivity index (χ3v) is 3.07. The molecule has 1 amide bonds. The summed E-state index contributed by atoms with van der Waals surface area (Å²) in [7, 11) is 0. The number of benzene rings is 1. The number of amides is 1. The first-order chi connectivity index (χ1) is 7.88. The van der Waals surface area contributed by atoms with Crippen molar-refractivity contribution in [2.45, 2.75) is 40.7 Å². The zero-order valence-corrected chi connectivity index (χ0v) is 11.4. The van der Waals surface area contributed by atoms with Gasteiger partial charge in [-0.25, -0.2) is 0 Å². The Morgan fingerprint density at radius 3 is 2.35 bits per heavy atom. The number of nitrogens with two attached hydrogens (primary N) is 1. The number of carbonyl (C=O) groups is 1. The second-order valence-corrected chi connectivity index (χ2v) is 4.71. The van der Waals surface area contributed by atoms with Crippen LogP contribution in [0.15, 0.2) is 12.1 Å². The normalized spacial score (nSPS) is 10.7. The maximum atomic E-state index is 12.4. The molecule has 0 aromatic heterocycles. The molecule has 1 rings (SSSR count). The van der Waals surface area contributed by atoms with Crippen LogP contribution in [0.2, 0.25) is 0 Å². The lowest BCUT2D eigenvalue weighted by Crippen LogP contribution is -2.37. The predicted molar refractivity (Wildman–Crippen MR) is 72.2 cm³/mol. The molecule has 0 heterocycles. The molecule has 0 unspecified atom stereocenters. The van der Waals surface area contributed by atoms with Crippen LogP contribution in [0.3, 0.4) is 0 Å². The Balaban J connectivity index is 3.16. The molecule has 0 spiro atoms. The third kappa shape index (κ3) is 2.78. The summed E-state index contributed by atoms with van der Waals surface area (Å²) in [6.07, 6.45) is 0. The van der Waals surface area contributed by atoms with Gasteiger partial charge >= 0.3 is 0 Å². The monoisotopic (exact) mass is 234 g/mol. The highest BCUT2D eigenvalue weighted by Crippen LogP contribution is 2.20. The lowest BCUT2D eigenvalue weighted by molar-refractivity contribution is 0.0716. The first-order valence-electron chi connectivity index (χ1n) is 6.06. The van der Waals surface area contributed by atoms with Crippen LogP contribution in [-0.4, -0.2) is 23.4 Å². The van der Waals surface area contributed by atoms with E-state index in [4.69, 9.17) is 5.73 Å². The van der Waals surface area contributed by atoms with Gasteiger partial charge in [0.1, 0.15) is 0 Å². The number of rotatable bonds is 3. The van der Waals surface area contributed by atoms with Gasteiger partial charge in [-0.1, -0.05) is 6.07 Å². The minimum absolute atomic E-state index is 0.0618. The van der Waals surface area contributed by atoms with Crippen molar-refractivity contribution in [2.75, 3.05) is 12.3 Å². The predicted octanol–water partition coefficient (Wildman–Crippen LogP) is 2.76. The average Bonchev–Trinajstić information content (AvgIpc) is 2.23. The van der Waals surface area contributed by atoms with E-state index in [1.54, 1.807) is 6.07 Å². The van der Waals surface area contributed by atoms with E-state index >= 15 is 0 Å². The molecule has 0 bridgehead atoms. The molecule has 0 radical (unpaired) electrons. The van der Waals surface area contributed by atoms with E-state index in [-0.39, 0.29) is 11.9 Å². The summed E-state index contributed by atoms with van der Waals surface area (Å²) in [6, 6.07) is 3.96. The molecule has 94 valence electrons. The van der Waals surface area contributed by atoms with Crippen molar-refractivity contribution in [1.29, 1.82) is 0 Å². The van der Waals surface area contributed by atoms with Crippen LogP contribution in [0.1, 0.15) is 42.3 Å². The molecule has 0 saturated carbocycles. The highest BCUT2D eigenvalue weighted by molar-refractivity contribution is 5.96. The van der Waals surface area contributed by atoms with Crippen molar-refractivity contribution in [3.63, 3.8) is 0 Å². The lowest BCUT2D eigenvalue weighted by atomic mass is 10.0. The third-order valence-electron chi connectivity index (χ3n) is 3.07. The molecule has 1 aromatic rings. The maximum absolute atomic E-state index is 12.4. The van der Waals surface area contributed by atoms with E-state index < -0.39 is 0 Å². The molecule has 2 N–H and O–H groups in total. The second kappa shape index (κ2) is 5.21. The van der Waals surface area contributed by atoms with Crippen LogP contribution in [0.25, 0.3) is 0 Å². The standard InChI is InChI=1S/C14H22N2O/c1-6-16(9(2)3)14(17)12-8-13(15)11(5)7-10(12)4/h7-9H,6,15H2,1-5H3. The highest BCUT2D eigenvalue weighted by atomic mass is 16.2. The fourth-order valence-corrected chi connectivity index (χ4v) is 2.00. The van der Waals surface area contributed by atoms with Crippen molar-refractivity contribution in [2.24, 2.45) is 0 Å². The van der Waals surface area contributed by atoms with Gasteiger partial charge in [0.25, 0.3) is 5.91 Å². The Labute approximate surface area is 104 Å². The van der Waals surface area contributed by atoms with Gasteiger partial charge in [0.2, 0.25) is 0 Å². The van der Waals surface area contributed by atoms with Crippen LogP contribution in [0, 0.1) is 13.8 Å². The van der Waals surface area contributed by atoms with Crippen LogP contribution in [-0.2, 0) is 0 Å². The highest BCUT2D eigenvalue weighted by Gasteiger charge is 2.19. The summed E-state index contributed by atoms with van der Waals surface area (Å²) >= 11 is 0. The van der Waals surface area contributed by atoms with E-state index in [1.165, 1.54) is 0 Å². The number of carbonyl (C=O) groups excluding carboxylic acids is 1. The largest absolute Gasteiger partial charge is 0.398 e. The summed E-state index contributed by atoms with van der Waals surface area (Å²) in [5, 5.41) is 0.